The third-order valence-corrected chi connectivity index (χ3v) is 2.87. The Kier molecular flexibility index (Phi) is 4.57. The van der Waals surface area contributed by atoms with Crippen LogP contribution in [-0.4, -0.2) is 19.6 Å². The highest BCUT2D eigenvalue weighted by Crippen LogP contribution is 2.22. The van der Waals surface area contributed by atoms with Gasteiger partial charge in [0.05, 0.1) is 23.1 Å². The Bertz CT molecular complexity index is 492. The molecule has 1 rings (SSSR count). The molecule has 0 aliphatic heterocycles. The number of halogens is 1. The minimum atomic E-state index is -0.630. The second-order valence-electron chi connectivity index (χ2n) is 4.54. The van der Waals surface area contributed by atoms with Crippen LogP contribution in [0.4, 0.5) is 5.69 Å². The summed E-state index contributed by atoms with van der Waals surface area (Å²) in [4.78, 5) is 11.5. The fraction of sp³-hybridized carbons (Fsp3) is 0.385. The van der Waals surface area contributed by atoms with Crippen LogP contribution in [0.25, 0.3) is 0 Å². The minimum Gasteiger partial charge on any atom is -0.469 e. The smallest absolute Gasteiger partial charge is 0.313 e. The van der Waals surface area contributed by atoms with Gasteiger partial charge >= 0.3 is 5.97 Å². The number of anilines is 1. The van der Waals surface area contributed by atoms with Crippen molar-refractivity contribution in [1.82, 2.24) is 0 Å². The summed E-state index contributed by atoms with van der Waals surface area (Å²) in [5.74, 6) is -0.283. The van der Waals surface area contributed by atoms with E-state index in [2.05, 4.69) is 5.32 Å². The molecule has 96 valence electrons. The predicted octanol–water partition coefficient (Wildman–Crippen LogP) is 2.82. The first-order chi connectivity index (χ1) is 8.40. The minimum absolute atomic E-state index is 0.283. The third-order valence-electron chi connectivity index (χ3n) is 2.56. The van der Waals surface area contributed by atoms with Crippen LogP contribution >= 0.6 is 11.6 Å². The molecule has 1 N–H and O–H groups in total. The molecule has 1 aromatic rings. The number of carbonyl (C=O) groups excluding carboxylic acids is 1. The molecule has 0 saturated carbocycles. The summed E-state index contributed by atoms with van der Waals surface area (Å²) in [6, 6.07) is 7.03. The van der Waals surface area contributed by atoms with E-state index in [0.29, 0.717) is 17.1 Å². The number of rotatable bonds is 4. The number of nitriles is 1. The molecule has 0 atom stereocenters. The van der Waals surface area contributed by atoms with Crippen molar-refractivity contribution < 1.29 is 9.53 Å². The van der Waals surface area contributed by atoms with Crippen molar-refractivity contribution in [3.63, 3.8) is 0 Å². The number of methoxy groups -OCH3 is 1. The number of benzene rings is 1. The van der Waals surface area contributed by atoms with Crippen molar-refractivity contribution in [1.29, 1.82) is 5.26 Å². The van der Waals surface area contributed by atoms with E-state index in [1.807, 2.05) is 6.07 Å². The van der Waals surface area contributed by atoms with E-state index in [4.69, 9.17) is 21.6 Å². The highest BCUT2D eigenvalue weighted by Gasteiger charge is 2.28. The second kappa shape index (κ2) is 5.74. The molecule has 4 nitrogen and oxygen atoms in total. The van der Waals surface area contributed by atoms with Crippen molar-refractivity contribution in [3.05, 3.63) is 28.8 Å². The Morgan fingerprint density at radius 1 is 1.56 bits per heavy atom. The highest BCUT2D eigenvalue weighted by molar-refractivity contribution is 6.32. The Hall–Kier alpha value is -1.73. The normalized spacial score (nSPS) is 10.6. The van der Waals surface area contributed by atoms with E-state index in [-0.39, 0.29) is 5.97 Å². The first-order valence-electron chi connectivity index (χ1n) is 5.42. The van der Waals surface area contributed by atoms with Crippen LogP contribution in [-0.2, 0) is 9.53 Å². The van der Waals surface area contributed by atoms with Gasteiger partial charge in [0.25, 0.3) is 0 Å². The summed E-state index contributed by atoms with van der Waals surface area (Å²) in [6.07, 6.45) is 0. The zero-order chi connectivity index (χ0) is 13.8. The fourth-order valence-corrected chi connectivity index (χ4v) is 1.61. The average Bonchev–Trinajstić information content (AvgIpc) is 2.35. The van der Waals surface area contributed by atoms with Crippen molar-refractivity contribution in [2.24, 2.45) is 5.41 Å². The van der Waals surface area contributed by atoms with Gasteiger partial charge in [-0.3, -0.25) is 4.79 Å². The fourth-order valence-electron chi connectivity index (χ4n) is 1.39. The molecule has 0 saturated heterocycles. The number of nitrogens with one attached hydrogen (secondary N) is 1. The Balaban J connectivity index is 2.73. The number of esters is 1. The SMILES string of the molecule is COC(=O)C(C)(C)CNc1ccc(C#N)c(Cl)c1. The summed E-state index contributed by atoms with van der Waals surface area (Å²) in [5.41, 5.74) is 0.556. The molecule has 0 aliphatic carbocycles. The van der Waals surface area contributed by atoms with Crippen LogP contribution in [0.15, 0.2) is 18.2 Å². The quantitative estimate of drug-likeness (QED) is 0.851. The van der Waals surface area contributed by atoms with Gasteiger partial charge in [-0.25, -0.2) is 0 Å². The molecule has 0 unspecified atom stereocenters. The van der Waals surface area contributed by atoms with E-state index in [0.717, 1.165) is 5.69 Å². The van der Waals surface area contributed by atoms with Crippen LogP contribution in [0.1, 0.15) is 19.4 Å². The van der Waals surface area contributed by atoms with E-state index >= 15 is 0 Å². The Morgan fingerprint density at radius 3 is 2.72 bits per heavy atom. The molecular weight excluding hydrogens is 252 g/mol. The Morgan fingerprint density at radius 2 is 2.22 bits per heavy atom. The molecule has 0 amide bonds. The summed E-state index contributed by atoms with van der Waals surface area (Å²) in [7, 11) is 1.36. The molecule has 0 fully saturated rings. The monoisotopic (exact) mass is 266 g/mol. The maximum atomic E-state index is 11.5. The van der Waals surface area contributed by atoms with Gasteiger partial charge in [-0.15, -0.1) is 0 Å². The van der Waals surface area contributed by atoms with E-state index in [1.165, 1.54) is 7.11 Å². The largest absolute Gasteiger partial charge is 0.469 e. The van der Waals surface area contributed by atoms with Crippen LogP contribution < -0.4 is 5.32 Å². The predicted molar refractivity (Wildman–Crippen MR) is 70.5 cm³/mol. The second-order valence-corrected chi connectivity index (χ2v) is 4.94. The van der Waals surface area contributed by atoms with Gasteiger partial charge < -0.3 is 10.1 Å². The van der Waals surface area contributed by atoms with Gasteiger partial charge in [-0.2, -0.15) is 5.26 Å². The van der Waals surface area contributed by atoms with E-state index in [1.54, 1.807) is 32.0 Å². The van der Waals surface area contributed by atoms with Gasteiger partial charge in [0.15, 0.2) is 0 Å². The average molecular weight is 267 g/mol. The molecule has 0 aromatic heterocycles. The molecular formula is C13H15ClN2O2. The standard InChI is InChI=1S/C13H15ClN2O2/c1-13(2,12(17)18-3)8-16-10-5-4-9(7-15)11(14)6-10/h4-6,16H,8H2,1-3H3. The number of ether oxygens (including phenoxy) is 1. The maximum absolute atomic E-state index is 11.5. The molecule has 1 aromatic carbocycles. The van der Waals surface area contributed by atoms with Crippen molar-refractivity contribution >= 4 is 23.3 Å². The van der Waals surface area contributed by atoms with Crippen LogP contribution in [0.3, 0.4) is 0 Å². The highest BCUT2D eigenvalue weighted by atomic mass is 35.5. The van der Waals surface area contributed by atoms with Gasteiger partial charge in [-0.1, -0.05) is 11.6 Å². The third kappa shape index (κ3) is 3.38. The Labute approximate surface area is 112 Å². The summed E-state index contributed by atoms with van der Waals surface area (Å²) < 4.78 is 4.72. The molecule has 18 heavy (non-hydrogen) atoms. The van der Waals surface area contributed by atoms with E-state index < -0.39 is 5.41 Å². The van der Waals surface area contributed by atoms with Crippen molar-refractivity contribution in [3.8, 4) is 6.07 Å². The molecule has 0 bridgehead atoms. The number of carbonyl (C=O) groups is 1. The number of hydrogen-bond donors (Lipinski definition) is 1. The van der Waals surface area contributed by atoms with Crippen molar-refractivity contribution in [2.75, 3.05) is 19.0 Å². The summed E-state index contributed by atoms with van der Waals surface area (Å²) >= 11 is 5.92. The molecule has 0 aliphatic rings. The molecule has 0 spiro atoms. The first-order valence-corrected chi connectivity index (χ1v) is 5.80. The van der Waals surface area contributed by atoms with Crippen LogP contribution in [0.5, 0.6) is 0 Å². The number of nitrogens with zero attached hydrogens (tertiary/aromatic N) is 1. The van der Waals surface area contributed by atoms with Gasteiger partial charge in [-0.05, 0) is 32.0 Å². The zero-order valence-electron chi connectivity index (χ0n) is 10.6. The maximum Gasteiger partial charge on any atom is 0.313 e. The lowest BCUT2D eigenvalue weighted by Gasteiger charge is -2.22. The zero-order valence-corrected chi connectivity index (χ0v) is 11.3. The van der Waals surface area contributed by atoms with Gasteiger partial charge in [0.1, 0.15) is 6.07 Å². The lowest BCUT2D eigenvalue weighted by molar-refractivity contribution is -0.149. The lowest BCUT2D eigenvalue weighted by Crippen LogP contribution is -2.33. The van der Waals surface area contributed by atoms with Crippen molar-refractivity contribution in [2.45, 2.75) is 13.8 Å². The molecule has 0 radical (unpaired) electrons. The summed E-state index contributed by atoms with van der Waals surface area (Å²) in [6.45, 7) is 4.00. The van der Waals surface area contributed by atoms with Gasteiger partial charge in [0, 0.05) is 12.2 Å². The molecule has 0 heterocycles. The summed E-state index contributed by atoms with van der Waals surface area (Å²) in [5, 5.41) is 12.2. The molecule has 5 heteroatoms. The number of hydrogen-bond acceptors (Lipinski definition) is 4. The van der Waals surface area contributed by atoms with Crippen LogP contribution in [0, 0.1) is 16.7 Å². The lowest BCUT2D eigenvalue weighted by atomic mass is 9.93. The topological polar surface area (TPSA) is 62.1 Å². The van der Waals surface area contributed by atoms with Crippen LogP contribution in [0.2, 0.25) is 5.02 Å². The van der Waals surface area contributed by atoms with E-state index in [9.17, 15) is 4.79 Å². The van der Waals surface area contributed by atoms with Gasteiger partial charge in [0.2, 0.25) is 0 Å². The first kappa shape index (κ1) is 14.3.